The summed E-state index contributed by atoms with van der Waals surface area (Å²) in [4.78, 5) is 11.7. The SMILES string of the molecule is Cc1c(C(N)=O)c(Br)c(-c2ccccc2)n1C1CC1. The van der Waals surface area contributed by atoms with Gasteiger partial charge in [0.1, 0.15) is 0 Å². The van der Waals surface area contributed by atoms with Crippen LogP contribution in [0.25, 0.3) is 11.3 Å². The number of hydrogen-bond donors (Lipinski definition) is 1. The molecule has 1 saturated carbocycles. The lowest BCUT2D eigenvalue weighted by molar-refractivity contribution is 0.0999. The number of rotatable bonds is 3. The molecular formula is C15H15BrN2O. The monoisotopic (exact) mass is 318 g/mol. The lowest BCUT2D eigenvalue weighted by Crippen LogP contribution is -2.12. The van der Waals surface area contributed by atoms with Crippen LogP contribution in [0.2, 0.25) is 0 Å². The van der Waals surface area contributed by atoms with Crippen LogP contribution in [0.4, 0.5) is 0 Å². The van der Waals surface area contributed by atoms with Gasteiger partial charge in [-0.1, -0.05) is 30.3 Å². The van der Waals surface area contributed by atoms with Gasteiger partial charge >= 0.3 is 0 Å². The van der Waals surface area contributed by atoms with Gasteiger partial charge < -0.3 is 10.3 Å². The summed E-state index contributed by atoms with van der Waals surface area (Å²) < 4.78 is 3.06. The molecule has 3 rings (SSSR count). The van der Waals surface area contributed by atoms with E-state index in [9.17, 15) is 4.79 Å². The van der Waals surface area contributed by atoms with Crippen molar-refractivity contribution in [2.24, 2.45) is 5.73 Å². The second kappa shape index (κ2) is 4.53. The fourth-order valence-electron chi connectivity index (χ4n) is 2.61. The van der Waals surface area contributed by atoms with Gasteiger partial charge in [-0.25, -0.2) is 0 Å². The molecule has 1 aromatic carbocycles. The number of primary amides is 1. The standard InChI is InChI=1S/C15H15BrN2O/c1-9-12(15(17)19)13(16)14(18(9)11-7-8-11)10-5-3-2-4-6-10/h2-6,11H,7-8H2,1H3,(H2,17,19). The Morgan fingerprint density at radius 1 is 1.32 bits per heavy atom. The van der Waals surface area contributed by atoms with Crippen molar-refractivity contribution in [1.82, 2.24) is 4.57 Å². The number of hydrogen-bond acceptors (Lipinski definition) is 1. The van der Waals surface area contributed by atoms with E-state index in [1.165, 1.54) is 12.8 Å². The molecule has 0 spiro atoms. The zero-order chi connectivity index (χ0) is 13.6. The lowest BCUT2D eigenvalue weighted by atomic mass is 10.1. The van der Waals surface area contributed by atoms with Gasteiger partial charge in [0.2, 0.25) is 0 Å². The highest BCUT2D eigenvalue weighted by molar-refractivity contribution is 9.10. The molecule has 0 saturated heterocycles. The molecule has 4 heteroatoms. The molecule has 1 aromatic heterocycles. The van der Waals surface area contributed by atoms with Gasteiger partial charge in [0.25, 0.3) is 5.91 Å². The van der Waals surface area contributed by atoms with Gasteiger partial charge in [0.05, 0.1) is 15.7 Å². The molecule has 1 heterocycles. The van der Waals surface area contributed by atoms with Crippen LogP contribution >= 0.6 is 15.9 Å². The Bertz CT molecular complexity index is 642. The summed E-state index contributed by atoms with van der Waals surface area (Å²) in [7, 11) is 0. The predicted molar refractivity (Wildman–Crippen MR) is 79.1 cm³/mol. The first-order valence-corrected chi connectivity index (χ1v) is 7.16. The number of carbonyl (C=O) groups excluding carboxylic acids is 1. The third kappa shape index (κ3) is 2.00. The van der Waals surface area contributed by atoms with Crippen molar-refractivity contribution in [3.63, 3.8) is 0 Å². The number of benzene rings is 1. The Labute approximate surface area is 120 Å². The lowest BCUT2D eigenvalue weighted by Gasteiger charge is -2.10. The highest BCUT2D eigenvalue weighted by Crippen LogP contribution is 2.45. The van der Waals surface area contributed by atoms with Crippen LogP contribution in [-0.2, 0) is 0 Å². The summed E-state index contributed by atoms with van der Waals surface area (Å²) in [5.41, 5.74) is 9.25. The first-order valence-electron chi connectivity index (χ1n) is 6.36. The average Bonchev–Trinajstić information content (AvgIpc) is 3.16. The molecule has 19 heavy (non-hydrogen) atoms. The van der Waals surface area contributed by atoms with Gasteiger partial charge in [0.15, 0.2) is 0 Å². The van der Waals surface area contributed by atoms with E-state index in [0.717, 1.165) is 21.4 Å². The van der Waals surface area contributed by atoms with Crippen molar-refractivity contribution in [2.75, 3.05) is 0 Å². The molecule has 98 valence electrons. The fourth-order valence-corrected chi connectivity index (χ4v) is 3.51. The minimum atomic E-state index is -0.374. The maximum absolute atomic E-state index is 11.7. The van der Waals surface area contributed by atoms with Crippen LogP contribution in [-0.4, -0.2) is 10.5 Å². The van der Waals surface area contributed by atoms with Gasteiger partial charge in [0, 0.05) is 11.7 Å². The van der Waals surface area contributed by atoms with E-state index in [2.05, 4.69) is 32.6 Å². The van der Waals surface area contributed by atoms with Crippen LogP contribution < -0.4 is 5.73 Å². The van der Waals surface area contributed by atoms with E-state index >= 15 is 0 Å². The van der Waals surface area contributed by atoms with Crippen molar-refractivity contribution in [1.29, 1.82) is 0 Å². The summed E-state index contributed by atoms with van der Waals surface area (Å²) >= 11 is 3.56. The van der Waals surface area contributed by atoms with Crippen LogP contribution in [0.1, 0.15) is 34.9 Å². The molecule has 0 aliphatic heterocycles. The summed E-state index contributed by atoms with van der Waals surface area (Å²) in [5.74, 6) is -0.374. The topological polar surface area (TPSA) is 48.0 Å². The highest BCUT2D eigenvalue weighted by atomic mass is 79.9. The summed E-state index contributed by atoms with van der Waals surface area (Å²) in [6.07, 6.45) is 2.33. The van der Waals surface area contributed by atoms with E-state index < -0.39 is 0 Å². The molecule has 3 nitrogen and oxygen atoms in total. The van der Waals surface area contributed by atoms with Gasteiger partial charge in [-0.2, -0.15) is 0 Å². The second-order valence-corrected chi connectivity index (χ2v) is 5.75. The molecule has 0 unspecified atom stereocenters. The maximum atomic E-state index is 11.7. The second-order valence-electron chi connectivity index (χ2n) is 4.95. The number of halogens is 1. The van der Waals surface area contributed by atoms with Crippen molar-refractivity contribution in [2.45, 2.75) is 25.8 Å². The first kappa shape index (κ1) is 12.5. The van der Waals surface area contributed by atoms with Crippen LogP contribution in [0.15, 0.2) is 34.8 Å². The number of aromatic nitrogens is 1. The van der Waals surface area contributed by atoms with Crippen LogP contribution in [0, 0.1) is 6.92 Å². The molecular weight excluding hydrogens is 304 g/mol. The summed E-state index contributed by atoms with van der Waals surface area (Å²) in [6, 6.07) is 10.6. The normalized spacial score (nSPS) is 14.6. The Balaban J connectivity index is 2.28. The molecule has 0 atom stereocenters. The van der Waals surface area contributed by atoms with Crippen molar-refractivity contribution < 1.29 is 4.79 Å². The molecule has 1 aliphatic carbocycles. The predicted octanol–water partition coefficient (Wildman–Crippen LogP) is 3.66. The van der Waals surface area contributed by atoms with Gasteiger partial charge in [-0.15, -0.1) is 0 Å². The number of carbonyl (C=O) groups is 1. The third-order valence-electron chi connectivity index (χ3n) is 3.60. The molecule has 2 aromatic rings. The van der Waals surface area contributed by atoms with Crippen LogP contribution in [0.3, 0.4) is 0 Å². The third-order valence-corrected chi connectivity index (χ3v) is 4.37. The number of amides is 1. The quantitative estimate of drug-likeness (QED) is 0.922. The molecule has 1 amide bonds. The van der Waals surface area contributed by atoms with Crippen LogP contribution in [0.5, 0.6) is 0 Å². The zero-order valence-corrected chi connectivity index (χ0v) is 12.3. The van der Waals surface area contributed by atoms with E-state index in [4.69, 9.17) is 5.73 Å². The largest absolute Gasteiger partial charge is 0.366 e. The summed E-state index contributed by atoms with van der Waals surface area (Å²) in [6.45, 7) is 1.97. The van der Waals surface area contributed by atoms with Crippen molar-refractivity contribution in [3.05, 3.63) is 46.1 Å². The Kier molecular flexibility index (Phi) is 2.97. The molecule has 1 aliphatic rings. The molecule has 0 bridgehead atoms. The maximum Gasteiger partial charge on any atom is 0.251 e. The smallest absolute Gasteiger partial charge is 0.251 e. The Morgan fingerprint density at radius 2 is 1.95 bits per heavy atom. The molecule has 0 radical (unpaired) electrons. The Morgan fingerprint density at radius 3 is 2.47 bits per heavy atom. The average molecular weight is 319 g/mol. The number of nitrogens with zero attached hydrogens (tertiary/aromatic N) is 1. The van der Waals surface area contributed by atoms with Crippen molar-refractivity contribution >= 4 is 21.8 Å². The number of nitrogens with two attached hydrogens (primary N) is 1. The summed E-state index contributed by atoms with van der Waals surface area (Å²) in [5, 5.41) is 0. The highest BCUT2D eigenvalue weighted by Gasteiger charge is 2.32. The van der Waals surface area contributed by atoms with E-state index in [1.807, 2.05) is 25.1 Å². The van der Waals surface area contributed by atoms with Gasteiger partial charge in [-0.05, 0) is 41.3 Å². The van der Waals surface area contributed by atoms with E-state index in [0.29, 0.717) is 11.6 Å². The minimum Gasteiger partial charge on any atom is -0.366 e. The first-order chi connectivity index (χ1) is 9.11. The van der Waals surface area contributed by atoms with E-state index in [1.54, 1.807) is 0 Å². The zero-order valence-electron chi connectivity index (χ0n) is 10.7. The molecule has 2 N–H and O–H groups in total. The molecule has 1 fully saturated rings. The van der Waals surface area contributed by atoms with E-state index in [-0.39, 0.29) is 5.91 Å². The minimum absolute atomic E-state index is 0.374. The Hall–Kier alpha value is -1.55. The fraction of sp³-hybridized carbons (Fsp3) is 0.267. The van der Waals surface area contributed by atoms with Crippen molar-refractivity contribution in [3.8, 4) is 11.3 Å². The van der Waals surface area contributed by atoms with Gasteiger partial charge in [-0.3, -0.25) is 4.79 Å².